The van der Waals surface area contributed by atoms with Crippen LogP contribution in [0.2, 0.25) is 0 Å². The number of nitrogens with one attached hydrogen (secondary N) is 2. The SMILES string of the molecule is CNC(=O)[C@H](C)NC1CCCCC1.Cl. The van der Waals surface area contributed by atoms with Gasteiger partial charge in [-0.1, -0.05) is 19.3 Å². The van der Waals surface area contributed by atoms with Crippen molar-refractivity contribution in [1.29, 1.82) is 0 Å². The molecular weight excluding hydrogens is 200 g/mol. The van der Waals surface area contributed by atoms with Gasteiger partial charge in [0.2, 0.25) is 5.91 Å². The summed E-state index contributed by atoms with van der Waals surface area (Å²) in [6.07, 6.45) is 6.41. The van der Waals surface area contributed by atoms with Gasteiger partial charge in [-0.25, -0.2) is 0 Å². The van der Waals surface area contributed by atoms with Gasteiger partial charge in [-0.3, -0.25) is 4.79 Å². The van der Waals surface area contributed by atoms with Gasteiger partial charge < -0.3 is 10.6 Å². The van der Waals surface area contributed by atoms with E-state index in [1.807, 2.05) is 6.92 Å². The molecule has 0 saturated heterocycles. The second kappa shape index (κ2) is 7.07. The Bertz CT molecular complexity index is 170. The molecule has 0 radical (unpaired) electrons. The molecule has 14 heavy (non-hydrogen) atoms. The lowest BCUT2D eigenvalue weighted by atomic mass is 9.95. The fourth-order valence-electron chi connectivity index (χ4n) is 1.92. The maximum atomic E-state index is 11.2. The van der Waals surface area contributed by atoms with Crippen LogP contribution in [0.1, 0.15) is 39.0 Å². The minimum absolute atomic E-state index is 0. The van der Waals surface area contributed by atoms with E-state index in [9.17, 15) is 4.79 Å². The van der Waals surface area contributed by atoms with Gasteiger partial charge in [0.15, 0.2) is 0 Å². The predicted molar refractivity (Wildman–Crippen MR) is 60.8 cm³/mol. The highest BCUT2D eigenvalue weighted by Gasteiger charge is 2.18. The molecule has 0 bridgehead atoms. The molecule has 4 heteroatoms. The molecule has 1 saturated carbocycles. The first-order valence-electron chi connectivity index (χ1n) is 5.21. The Morgan fingerprint density at radius 3 is 2.36 bits per heavy atom. The van der Waals surface area contributed by atoms with E-state index in [1.54, 1.807) is 7.05 Å². The number of hydrogen-bond donors (Lipinski definition) is 2. The summed E-state index contributed by atoms with van der Waals surface area (Å²) < 4.78 is 0. The topological polar surface area (TPSA) is 41.1 Å². The molecule has 3 nitrogen and oxygen atoms in total. The Labute approximate surface area is 92.4 Å². The maximum Gasteiger partial charge on any atom is 0.236 e. The molecular formula is C10H21ClN2O. The van der Waals surface area contributed by atoms with E-state index in [4.69, 9.17) is 0 Å². The first kappa shape index (κ1) is 13.7. The second-order valence-corrected chi connectivity index (χ2v) is 3.84. The van der Waals surface area contributed by atoms with E-state index in [-0.39, 0.29) is 24.4 Å². The molecule has 2 N–H and O–H groups in total. The molecule has 1 amide bonds. The van der Waals surface area contributed by atoms with Crippen molar-refractivity contribution in [3.63, 3.8) is 0 Å². The molecule has 0 aromatic heterocycles. The number of halogens is 1. The van der Waals surface area contributed by atoms with E-state index in [1.165, 1.54) is 32.1 Å². The summed E-state index contributed by atoms with van der Waals surface area (Å²) >= 11 is 0. The summed E-state index contributed by atoms with van der Waals surface area (Å²) in [6, 6.07) is 0.508. The summed E-state index contributed by atoms with van der Waals surface area (Å²) in [6.45, 7) is 1.92. The molecule has 0 spiro atoms. The van der Waals surface area contributed by atoms with Crippen molar-refractivity contribution in [3.8, 4) is 0 Å². The van der Waals surface area contributed by atoms with Crippen LogP contribution in [0.15, 0.2) is 0 Å². The van der Waals surface area contributed by atoms with Crippen molar-refractivity contribution in [2.24, 2.45) is 0 Å². The van der Waals surface area contributed by atoms with Crippen LogP contribution >= 0.6 is 12.4 Å². The number of rotatable bonds is 3. The van der Waals surface area contributed by atoms with Crippen LogP contribution in [-0.4, -0.2) is 25.0 Å². The summed E-state index contributed by atoms with van der Waals surface area (Å²) in [7, 11) is 1.68. The van der Waals surface area contributed by atoms with Crippen LogP contribution in [0.25, 0.3) is 0 Å². The van der Waals surface area contributed by atoms with Crippen LogP contribution in [0.3, 0.4) is 0 Å². The molecule has 1 atom stereocenters. The molecule has 1 fully saturated rings. The fourth-order valence-corrected chi connectivity index (χ4v) is 1.92. The normalized spacial score (nSPS) is 19.6. The number of carbonyl (C=O) groups is 1. The highest BCUT2D eigenvalue weighted by molar-refractivity contribution is 5.85. The third kappa shape index (κ3) is 4.29. The van der Waals surface area contributed by atoms with Crippen LogP contribution in [0, 0.1) is 0 Å². The van der Waals surface area contributed by atoms with Crippen molar-refractivity contribution in [2.75, 3.05) is 7.05 Å². The molecule has 0 aromatic carbocycles. The van der Waals surface area contributed by atoms with E-state index in [2.05, 4.69) is 10.6 Å². The van der Waals surface area contributed by atoms with E-state index < -0.39 is 0 Å². The number of amides is 1. The Morgan fingerprint density at radius 1 is 1.29 bits per heavy atom. The van der Waals surface area contributed by atoms with Gasteiger partial charge in [-0.2, -0.15) is 0 Å². The summed E-state index contributed by atoms with van der Waals surface area (Å²) in [5.41, 5.74) is 0. The standard InChI is InChI=1S/C10H20N2O.ClH/c1-8(10(13)11-2)12-9-6-4-3-5-7-9;/h8-9,12H,3-7H2,1-2H3,(H,11,13);1H/t8-;/m0./s1. The average Bonchev–Trinajstić information content (AvgIpc) is 2.18. The summed E-state index contributed by atoms with van der Waals surface area (Å²) in [5.74, 6) is 0.0885. The maximum absolute atomic E-state index is 11.2. The van der Waals surface area contributed by atoms with Gasteiger partial charge in [0.25, 0.3) is 0 Å². The van der Waals surface area contributed by atoms with E-state index >= 15 is 0 Å². The Hall–Kier alpha value is -0.280. The smallest absolute Gasteiger partial charge is 0.236 e. The van der Waals surface area contributed by atoms with Crippen molar-refractivity contribution in [2.45, 2.75) is 51.1 Å². The predicted octanol–water partition coefficient (Wildman–Crippen LogP) is 1.46. The van der Waals surface area contributed by atoms with Crippen molar-refractivity contribution in [3.05, 3.63) is 0 Å². The van der Waals surface area contributed by atoms with Gasteiger partial charge in [0.05, 0.1) is 6.04 Å². The Kier molecular flexibility index (Phi) is 6.93. The van der Waals surface area contributed by atoms with E-state index in [0.29, 0.717) is 6.04 Å². The van der Waals surface area contributed by atoms with Gasteiger partial charge in [-0.05, 0) is 19.8 Å². The summed E-state index contributed by atoms with van der Waals surface area (Å²) in [4.78, 5) is 11.2. The quantitative estimate of drug-likeness (QED) is 0.757. The lowest BCUT2D eigenvalue weighted by molar-refractivity contribution is -0.122. The zero-order valence-corrected chi connectivity index (χ0v) is 9.82. The molecule has 0 heterocycles. The first-order chi connectivity index (χ1) is 6.24. The minimum atomic E-state index is -0.0481. The number of hydrogen-bond acceptors (Lipinski definition) is 2. The largest absolute Gasteiger partial charge is 0.358 e. The summed E-state index contributed by atoms with van der Waals surface area (Å²) in [5, 5.41) is 6.01. The van der Waals surface area contributed by atoms with Gasteiger partial charge >= 0.3 is 0 Å². The zero-order valence-electron chi connectivity index (χ0n) is 9.01. The molecule has 1 aliphatic rings. The molecule has 1 aliphatic carbocycles. The zero-order chi connectivity index (χ0) is 9.68. The highest BCUT2D eigenvalue weighted by atomic mass is 35.5. The molecule has 84 valence electrons. The monoisotopic (exact) mass is 220 g/mol. The van der Waals surface area contributed by atoms with Gasteiger partial charge in [0, 0.05) is 13.1 Å². The first-order valence-corrected chi connectivity index (χ1v) is 5.21. The molecule has 0 aliphatic heterocycles. The lowest BCUT2D eigenvalue weighted by Crippen LogP contribution is -2.46. The Balaban J connectivity index is 0.00000169. The average molecular weight is 221 g/mol. The fraction of sp³-hybridized carbons (Fsp3) is 0.900. The highest BCUT2D eigenvalue weighted by Crippen LogP contribution is 2.17. The minimum Gasteiger partial charge on any atom is -0.358 e. The van der Waals surface area contributed by atoms with E-state index in [0.717, 1.165) is 0 Å². The third-order valence-corrected chi connectivity index (χ3v) is 2.73. The second-order valence-electron chi connectivity index (χ2n) is 3.84. The van der Waals surface area contributed by atoms with Crippen LogP contribution in [0.5, 0.6) is 0 Å². The lowest BCUT2D eigenvalue weighted by Gasteiger charge is -2.25. The number of carbonyl (C=O) groups excluding carboxylic acids is 1. The number of likely N-dealkylation sites (N-methyl/N-ethyl adjacent to an activating group) is 1. The Morgan fingerprint density at radius 2 is 1.86 bits per heavy atom. The van der Waals surface area contributed by atoms with Crippen LogP contribution in [-0.2, 0) is 4.79 Å². The third-order valence-electron chi connectivity index (χ3n) is 2.73. The van der Waals surface area contributed by atoms with Crippen LogP contribution in [0.4, 0.5) is 0 Å². The van der Waals surface area contributed by atoms with Crippen molar-refractivity contribution >= 4 is 18.3 Å². The van der Waals surface area contributed by atoms with Gasteiger partial charge in [0.1, 0.15) is 0 Å². The van der Waals surface area contributed by atoms with Crippen molar-refractivity contribution in [1.82, 2.24) is 10.6 Å². The van der Waals surface area contributed by atoms with Crippen LogP contribution < -0.4 is 10.6 Å². The molecule has 1 rings (SSSR count). The van der Waals surface area contributed by atoms with Gasteiger partial charge in [-0.15, -0.1) is 12.4 Å². The molecule has 0 unspecified atom stereocenters. The van der Waals surface area contributed by atoms with Crippen molar-refractivity contribution < 1.29 is 4.79 Å². The molecule has 0 aromatic rings.